The molecule has 1 heterocycles. The van der Waals surface area contributed by atoms with Gasteiger partial charge in [-0.3, -0.25) is 9.69 Å². The van der Waals surface area contributed by atoms with Crippen LogP contribution >= 0.6 is 0 Å². The molecule has 1 rings (SSSR count). The lowest BCUT2D eigenvalue weighted by Gasteiger charge is -2.20. The molecule has 0 atom stereocenters. The lowest BCUT2D eigenvalue weighted by Crippen LogP contribution is -2.45. The Bertz CT molecular complexity index is 437. The second kappa shape index (κ2) is 6.68. The van der Waals surface area contributed by atoms with E-state index in [2.05, 4.69) is 4.74 Å². The largest absolute Gasteiger partial charge is 0.480 e. The summed E-state index contributed by atoms with van der Waals surface area (Å²) in [5, 5.41) is 8.69. The lowest BCUT2D eigenvalue weighted by molar-refractivity contribution is -0.138. The minimum atomic E-state index is -3.94. The van der Waals surface area contributed by atoms with E-state index in [0.717, 1.165) is 11.4 Å². The third kappa shape index (κ3) is 5.01. The summed E-state index contributed by atoms with van der Waals surface area (Å²) in [4.78, 5) is 23.2. The molecule has 1 aliphatic heterocycles. The van der Waals surface area contributed by atoms with Gasteiger partial charge in [0.05, 0.1) is 13.7 Å². The number of hydrogen-bond acceptors (Lipinski definition) is 6. The van der Waals surface area contributed by atoms with E-state index >= 15 is 0 Å². The number of carboxylic acid groups (broad SMARTS) is 1. The monoisotopic (exact) mass is 295 g/mol. The van der Waals surface area contributed by atoms with Gasteiger partial charge in [0.1, 0.15) is 0 Å². The van der Waals surface area contributed by atoms with Crippen LogP contribution in [0.5, 0.6) is 0 Å². The number of nitrogens with zero attached hydrogens (tertiary/aromatic N) is 2. The number of carbonyl (C=O) groups is 2. The van der Waals surface area contributed by atoms with E-state index in [0.29, 0.717) is 19.5 Å². The van der Waals surface area contributed by atoms with Crippen molar-refractivity contribution in [1.82, 2.24) is 13.9 Å². The van der Waals surface area contributed by atoms with E-state index < -0.39 is 22.3 Å². The van der Waals surface area contributed by atoms with E-state index in [1.54, 1.807) is 9.62 Å². The summed E-state index contributed by atoms with van der Waals surface area (Å²) >= 11 is 0. The Hall–Kier alpha value is -1.39. The van der Waals surface area contributed by atoms with E-state index in [9.17, 15) is 18.0 Å². The molecule has 1 saturated heterocycles. The summed E-state index contributed by atoms with van der Waals surface area (Å²) in [6.45, 7) is 1.02. The fourth-order valence-electron chi connectivity index (χ4n) is 1.75. The Labute approximate surface area is 111 Å². The highest BCUT2D eigenvalue weighted by molar-refractivity contribution is 7.87. The van der Waals surface area contributed by atoms with Crippen LogP contribution in [0.3, 0.4) is 0 Å². The molecule has 19 heavy (non-hydrogen) atoms. The summed E-state index contributed by atoms with van der Waals surface area (Å²) in [6, 6.07) is 0. The molecule has 0 aliphatic carbocycles. The molecule has 0 bridgehead atoms. The smallest absolute Gasteiger partial charge is 0.421 e. The van der Waals surface area contributed by atoms with Gasteiger partial charge in [0.15, 0.2) is 0 Å². The van der Waals surface area contributed by atoms with Gasteiger partial charge in [-0.05, 0) is 6.42 Å². The predicted molar refractivity (Wildman–Crippen MR) is 64.7 cm³/mol. The van der Waals surface area contributed by atoms with Crippen molar-refractivity contribution in [2.24, 2.45) is 0 Å². The van der Waals surface area contributed by atoms with Crippen molar-refractivity contribution in [3.05, 3.63) is 0 Å². The second-order valence-electron chi connectivity index (χ2n) is 4.02. The Kier molecular flexibility index (Phi) is 5.51. The van der Waals surface area contributed by atoms with Crippen molar-refractivity contribution in [1.29, 1.82) is 0 Å². The van der Waals surface area contributed by atoms with Crippen molar-refractivity contribution >= 4 is 22.3 Å². The highest BCUT2D eigenvalue weighted by atomic mass is 32.2. The Morgan fingerprint density at radius 1 is 1.26 bits per heavy atom. The first-order chi connectivity index (χ1) is 8.85. The van der Waals surface area contributed by atoms with Crippen LogP contribution in [0.1, 0.15) is 6.42 Å². The van der Waals surface area contributed by atoms with Crippen molar-refractivity contribution in [3.63, 3.8) is 0 Å². The van der Waals surface area contributed by atoms with Gasteiger partial charge in [0.25, 0.3) is 0 Å². The van der Waals surface area contributed by atoms with E-state index in [1.165, 1.54) is 0 Å². The van der Waals surface area contributed by atoms with Crippen molar-refractivity contribution in [2.45, 2.75) is 6.42 Å². The normalized spacial score (nSPS) is 18.6. The molecule has 0 spiro atoms. The number of hydrogen-bond donors (Lipinski definition) is 2. The van der Waals surface area contributed by atoms with Crippen LogP contribution in [0.4, 0.5) is 4.79 Å². The van der Waals surface area contributed by atoms with E-state index in [-0.39, 0.29) is 19.6 Å². The number of carboxylic acids is 1. The molecule has 0 aromatic rings. The number of carbonyl (C=O) groups excluding carboxylic acids is 1. The average Bonchev–Trinajstić information content (AvgIpc) is 2.53. The molecule has 1 fully saturated rings. The summed E-state index contributed by atoms with van der Waals surface area (Å²) in [6.07, 6.45) is -0.554. The molecular weight excluding hydrogens is 278 g/mol. The zero-order valence-electron chi connectivity index (χ0n) is 10.5. The number of methoxy groups -OCH3 is 1. The predicted octanol–water partition coefficient (Wildman–Crippen LogP) is -1.32. The van der Waals surface area contributed by atoms with Crippen LogP contribution in [0.15, 0.2) is 0 Å². The average molecular weight is 295 g/mol. The minimum absolute atomic E-state index is 0.125. The van der Waals surface area contributed by atoms with Gasteiger partial charge in [-0.2, -0.15) is 12.7 Å². The van der Waals surface area contributed by atoms with Crippen LogP contribution in [0.2, 0.25) is 0 Å². The van der Waals surface area contributed by atoms with E-state index in [1.807, 2.05) is 0 Å². The molecule has 1 amide bonds. The quantitative estimate of drug-likeness (QED) is 0.660. The van der Waals surface area contributed by atoms with Gasteiger partial charge in [-0.1, -0.05) is 0 Å². The molecule has 2 N–H and O–H groups in total. The first-order valence-electron chi connectivity index (χ1n) is 5.65. The summed E-state index contributed by atoms with van der Waals surface area (Å²) in [5.41, 5.74) is 0. The molecule has 0 unspecified atom stereocenters. The van der Waals surface area contributed by atoms with Crippen molar-refractivity contribution in [2.75, 3.05) is 39.8 Å². The summed E-state index contributed by atoms with van der Waals surface area (Å²) in [7, 11) is -2.86. The third-order valence-electron chi connectivity index (χ3n) is 2.64. The molecule has 0 aromatic heterocycles. The van der Waals surface area contributed by atoms with Crippen LogP contribution in [-0.2, 0) is 19.7 Å². The maximum Gasteiger partial charge on any atom is 0.421 e. The standard InChI is InChI=1S/C9H17N3O6S/c1-18-9(15)10-19(16,17)12-4-2-3-11(5-6-12)7-8(13)14/h2-7H2,1H3,(H,10,15)(H,13,14). The molecule has 1 aliphatic rings. The van der Waals surface area contributed by atoms with Gasteiger partial charge < -0.3 is 9.84 Å². The van der Waals surface area contributed by atoms with Gasteiger partial charge in [0.2, 0.25) is 0 Å². The maximum absolute atomic E-state index is 11.8. The number of ether oxygens (including phenoxy) is 1. The zero-order valence-corrected chi connectivity index (χ0v) is 11.4. The van der Waals surface area contributed by atoms with Gasteiger partial charge in [-0.15, -0.1) is 0 Å². The number of rotatable bonds is 4. The molecule has 110 valence electrons. The number of nitrogens with one attached hydrogen (secondary N) is 1. The van der Waals surface area contributed by atoms with Crippen LogP contribution in [0.25, 0.3) is 0 Å². The van der Waals surface area contributed by atoms with Gasteiger partial charge >= 0.3 is 22.3 Å². The van der Waals surface area contributed by atoms with Crippen LogP contribution < -0.4 is 4.72 Å². The topological polar surface area (TPSA) is 116 Å². The second-order valence-corrected chi connectivity index (χ2v) is 5.69. The highest BCUT2D eigenvalue weighted by Crippen LogP contribution is 2.07. The molecule has 10 heteroatoms. The SMILES string of the molecule is COC(=O)NS(=O)(=O)N1CCCN(CC(=O)O)CC1. The minimum Gasteiger partial charge on any atom is -0.480 e. The molecule has 0 aromatic carbocycles. The Morgan fingerprint density at radius 2 is 1.95 bits per heavy atom. The lowest BCUT2D eigenvalue weighted by atomic mass is 10.4. The van der Waals surface area contributed by atoms with Crippen molar-refractivity contribution < 1.29 is 27.9 Å². The molecule has 9 nitrogen and oxygen atoms in total. The van der Waals surface area contributed by atoms with Gasteiger partial charge in [-0.25, -0.2) is 9.52 Å². The fraction of sp³-hybridized carbons (Fsp3) is 0.778. The first-order valence-corrected chi connectivity index (χ1v) is 7.09. The third-order valence-corrected chi connectivity index (χ3v) is 4.11. The Morgan fingerprint density at radius 3 is 2.53 bits per heavy atom. The molecule has 0 saturated carbocycles. The Balaban J connectivity index is 2.61. The first kappa shape index (κ1) is 15.7. The van der Waals surface area contributed by atoms with Crippen LogP contribution in [-0.4, -0.2) is 74.6 Å². The highest BCUT2D eigenvalue weighted by Gasteiger charge is 2.27. The van der Waals surface area contributed by atoms with Crippen molar-refractivity contribution in [3.8, 4) is 0 Å². The zero-order chi connectivity index (χ0) is 14.5. The van der Waals surface area contributed by atoms with Crippen LogP contribution in [0, 0.1) is 0 Å². The fourth-order valence-corrected chi connectivity index (χ4v) is 2.86. The summed E-state index contributed by atoms with van der Waals surface area (Å²) in [5.74, 6) is -0.955. The number of amides is 1. The number of aliphatic carboxylic acids is 1. The molecular formula is C9H17N3O6S. The molecule has 0 radical (unpaired) electrons. The maximum atomic E-state index is 11.8. The van der Waals surface area contributed by atoms with Gasteiger partial charge in [0, 0.05) is 26.2 Å². The summed E-state index contributed by atoms with van der Waals surface area (Å²) < 4.78 is 30.7. The van der Waals surface area contributed by atoms with E-state index in [4.69, 9.17) is 5.11 Å².